The zero-order chi connectivity index (χ0) is 18.9. The van der Waals surface area contributed by atoms with Crippen LogP contribution in [0.3, 0.4) is 0 Å². The summed E-state index contributed by atoms with van der Waals surface area (Å²) in [6, 6.07) is 10.1. The largest absolute Gasteiger partial charge is 0.497 e. The fraction of sp³-hybridized carbons (Fsp3) is 0.222. The van der Waals surface area contributed by atoms with Crippen molar-refractivity contribution in [3.05, 3.63) is 53.8 Å². The molecule has 0 radical (unpaired) electrons. The molecule has 3 N–H and O–H groups in total. The maximum Gasteiger partial charge on any atom is 0.315 e. The third-order valence-electron chi connectivity index (χ3n) is 3.40. The topological polar surface area (TPSA) is 88.7 Å². The summed E-state index contributed by atoms with van der Waals surface area (Å²) in [5.74, 6) is 0.407. The van der Waals surface area contributed by atoms with E-state index in [1.54, 1.807) is 32.4 Å². The molecule has 8 heteroatoms. The van der Waals surface area contributed by atoms with E-state index in [1.807, 2.05) is 0 Å². The first-order valence-corrected chi connectivity index (χ1v) is 7.79. The van der Waals surface area contributed by atoms with Crippen molar-refractivity contribution in [2.24, 2.45) is 0 Å². The van der Waals surface area contributed by atoms with Crippen molar-refractivity contribution in [3.63, 3.8) is 0 Å². The van der Waals surface area contributed by atoms with Gasteiger partial charge in [0.1, 0.15) is 17.3 Å². The Kier molecular flexibility index (Phi) is 6.78. The number of amides is 3. The molecule has 7 nitrogen and oxygen atoms in total. The monoisotopic (exact) mass is 361 g/mol. The van der Waals surface area contributed by atoms with Gasteiger partial charge < -0.3 is 25.4 Å². The van der Waals surface area contributed by atoms with Crippen LogP contribution >= 0.6 is 0 Å². The Morgan fingerprint density at radius 1 is 0.962 bits per heavy atom. The number of hydrogen-bond acceptors (Lipinski definition) is 4. The first-order valence-electron chi connectivity index (χ1n) is 7.79. The molecule has 2 aromatic rings. The lowest BCUT2D eigenvalue weighted by atomic mass is 10.2. The Labute approximate surface area is 150 Å². The number of nitrogens with one attached hydrogen (secondary N) is 3. The Hall–Kier alpha value is -3.29. The van der Waals surface area contributed by atoms with Crippen molar-refractivity contribution < 1.29 is 23.5 Å². The van der Waals surface area contributed by atoms with E-state index in [2.05, 4.69) is 16.0 Å². The van der Waals surface area contributed by atoms with Gasteiger partial charge in [0.05, 0.1) is 20.8 Å². The van der Waals surface area contributed by atoms with Gasteiger partial charge >= 0.3 is 6.03 Å². The van der Waals surface area contributed by atoms with Crippen molar-refractivity contribution in [2.45, 2.75) is 6.54 Å². The highest BCUT2D eigenvalue weighted by molar-refractivity contribution is 5.94. The minimum Gasteiger partial charge on any atom is -0.497 e. The summed E-state index contributed by atoms with van der Waals surface area (Å²) in [7, 11) is 3.08. The van der Waals surface area contributed by atoms with Crippen LogP contribution in [0.1, 0.15) is 5.56 Å². The smallest absolute Gasteiger partial charge is 0.315 e. The van der Waals surface area contributed by atoms with E-state index in [1.165, 1.54) is 24.3 Å². The molecule has 26 heavy (non-hydrogen) atoms. The molecule has 0 aliphatic rings. The second kappa shape index (κ2) is 9.26. The SMILES string of the molecule is COc1cc(CNC(=O)NCC(=O)Nc2ccc(F)cc2)cc(OC)c1. The molecule has 0 aromatic heterocycles. The number of carbonyl (C=O) groups is 2. The van der Waals surface area contributed by atoms with Gasteiger partial charge in [-0.3, -0.25) is 4.79 Å². The molecule has 0 aliphatic heterocycles. The van der Waals surface area contributed by atoms with Gasteiger partial charge in [-0.2, -0.15) is 0 Å². The van der Waals surface area contributed by atoms with Crippen LogP contribution in [-0.4, -0.2) is 32.7 Å². The predicted molar refractivity (Wildman–Crippen MR) is 94.8 cm³/mol. The summed E-state index contributed by atoms with van der Waals surface area (Å²) in [6.07, 6.45) is 0. The number of methoxy groups -OCH3 is 2. The number of urea groups is 1. The van der Waals surface area contributed by atoms with E-state index >= 15 is 0 Å². The molecule has 0 aliphatic carbocycles. The minimum atomic E-state index is -0.499. The van der Waals surface area contributed by atoms with E-state index < -0.39 is 17.8 Å². The number of rotatable bonds is 7. The van der Waals surface area contributed by atoms with Crippen LogP contribution in [0.25, 0.3) is 0 Å². The third-order valence-corrected chi connectivity index (χ3v) is 3.40. The van der Waals surface area contributed by atoms with Crippen LogP contribution in [0.15, 0.2) is 42.5 Å². The summed E-state index contributed by atoms with van der Waals surface area (Å²) >= 11 is 0. The van der Waals surface area contributed by atoms with Gasteiger partial charge in [0.25, 0.3) is 0 Å². The lowest BCUT2D eigenvalue weighted by Crippen LogP contribution is -2.39. The molecule has 0 unspecified atom stereocenters. The maximum atomic E-state index is 12.8. The molecule has 0 bridgehead atoms. The van der Waals surface area contributed by atoms with Gasteiger partial charge in [0.15, 0.2) is 0 Å². The van der Waals surface area contributed by atoms with Crippen molar-refractivity contribution in [2.75, 3.05) is 26.1 Å². The second-order valence-electron chi connectivity index (χ2n) is 5.31. The van der Waals surface area contributed by atoms with Gasteiger partial charge in [-0.05, 0) is 42.0 Å². The summed E-state index contributed by atoms with van der Waals surface area (Å²) in [5, 5.41) is 7.63. The highest BCUT2D eigenvalue weighted by Crippen LogP contribution is 2.22. The Morgan fingerprint density at radius 2 is 1.58 bits per heavy atom. The molecule has 138 valence electrons. The first kappa shape index (κ1) is 19.0. The number of halogens is 1. The molecule has 0 saturated heterocycles. The highest BCUT2D eigenvalue weighted by atomic mass is 19.1. The quantitative estimate of drug-likeness (QED) is 0.706. The number of hydrogen-bond donors (Lipinski definition) is 3. The molecular formula is C18H20FN3O4. The van der Waals surface area contributed by atoms with E-state index in [0.717, 1.165) is 5.56 Å². The van der Waals surface area contributed by atoms with E-state index in [9.17, 15) is 14.0 Å². The van der Waals surface area contributed by atoms with Crippen LogP contribution in [0.4, 0.5) is 14.9 Å². The van der Waals surface area contributed by atoms with Crippen molar-refractivity contribution in [1.29, 1.82) is 0 Å². The second-order valence-corrected chi connectivity index (χ2v) is 5.31. The lowest BCUT2D eigenvalue weighted by Gasteiger charge is -2.11. The zero-order valence-corrected chi connectivity index (χ0v) is 14.5. The van der Waals surface area contributed by atoms with Gasteiger partial charge in [0.2, 0.25) is 5.91 Å². The van der Waals surface area contributed by atoms with Crippen molar-refractivity contribution >= 4 is 17.6 Å². The standard InChI is InChI=1S/C18H20FN3O4/c1-25-15-7-12(8-16(9-15)26-2)10-20-18(24)21-11-17(23)22-14-5-3-13(19)4-6-14/h3-9H,10-11H2,1-2H3,(H,22,23)(H2,20,21,24). The fourth-order valence-electron chi connectivity index (χ4n) is 2.11. The number of carbonyl (C=O) groups excluding carboxylic acids is 2. The van der Waals surface area contributed by atoms with E-state index in [4.69, 9.17) is 9.47 Å². The molecule has 0 spiro atoms. The van der Waals surface area contributed by atoms with Crippen LogP contribution in [0.5, 0.6) is 11.5 Å². The highest BCUT2D eigenvalue weighted by Gasteiger charge is 2.07. The molecular weight excluding hydrogens is 341 g/mol. The Morgan fingerprint density at radius 3 is 2.15 bits per heavy atom. The molecule has 2 rings (SSSR count). The van der Waals surface area contributed by atoms with Crippen LogP contribution < -0.4 is 25.4 Å². The van der Waals surface area contributed by atoms with Gasteiger partial charge in [0, 0.05) is 18.3 Å². The molecule has 0 fully saturated rings. The number of anilines is 1. The summed E-state index contributed by atoms with van der Waals surface area (Å²) in [4.78, 5) is 23.6. The lowest BCUT2D eigenvalue weighted by molar-refractivity contribution is -0.115. The van der Waals surface area contributed by atoms with Crippen LogP contribution in [-0.2, 0) is 11.3 Å². The Balaban J connectivity index is 1.78. The average molecular weight is 361 g/mol. The zero-order valence-electron chi connectivity index (χ0n) is 14.5. The van der Waals surface area contributed by atoms with Crippen LogP contribution in [0, 0.1) is 5.82 Å². The van der Waals surface area contributed by atoms with Gasteiger partial charge in [-0.1, -0.05) is 0 Å². The summed E-state index contributed by atoms with van der Waals surface area (Å²) in [5.41, 5.74) is 1.23. The average Bonchev–Trinajstić information content (AvgIpc) is 2.66. The maximum absolute atomic E-state index is 12.8. The predicted octanol–water partition coefficient (Wildman–Crippen LogP) is 2.28. The Bertz CT molecular complexity index is 743. The molecule has 0 heterocycles. The minimum absolute atomic E-state index is 0.218. The van der Waals surface area contributed by atoms with E-state index in [-0.39, 0.29) is 13.1 Å². The summed E-state index contributed by atoms with van der Waals surface area (Å²) in [6.45, 7) is 0.0175. The summed E-state index contributed by atoms with van der Waals surface area (Å²) < 4.78 is 23.1. The normalized spacial score (nSPS) is 9.96. The molecule has 0 atom stereocenters. The fourth-order valence-corrected chi connectivity index (χ4v) is 2.11. The van der Waals surface area contributed by atoms with E-state index in [0.29, 0.717) is 17.2 Å². The third kappa shape index (κ3) is 5.97. The first-order chi connectivity index (χ1) is 12.5. The number of ether oxygens (including phenoxy) is 2. The van der Waals surface area contributed by atoms with Gasteiger partial charge in [-0.25, -0.2) is 9.18 Å². The van der Waals surface area contributed by atoms with Crippen molar-refractivity contribution in [1.82, 2.24) is 10.6 Å². The molecule has 0 saturated carbocycles. The van der Waals surface area contributed by atoms with Crippen LogP contribution in [0.2, 0.25) is 0 Å². The number of benzene rings is 2. The molecule has 3 amide bonds. The molecule has 2 aromatic carbocycles. The van der Waals surface area contributed by atoms with Crippen molar-refractivity contribution in [3.8, 4) is 11.5 Å². The van der Waals surface area contributed by atoms with Gasteiger partial charge in [-0.15, -0.1) is 0 Å².